The van der Waals surface area contributed by atoms with Crippen molar-refractivity contribution < 1.29 is 22.3 Å². The van der Waals surface area contributed by atoms with Crippen LogP contribution in [0.25, 0.3) is 11.5 Å². The summed E-state index contributed by atoms with van der Waals surface area (Å²) in [5.41, 5.74) is 2.89. The third-order valence-corrected chi connectivity index (χ3v) is 8.16. The van der Waals surface area contributed by atoms with E-state index < -0.39 is 9.84 Å². The van der Waals surface area contributed by atoms with Gasteiger partial charge in [-0.2, -0.15) is 4.98 Å². The topological polar surface area (TPSA) is 81.9 Å². The number of aromatic nitrogens is 1. The third kappa shape index (κ3) is 3.92. The van der Waals surface area contributed by atoms with Crippen LogP contribution < -0.4 is 14.4 Å². The summed E-state index contributed by atoms with van der Waals surface area (Å²) in [4.78, 5) is 6.45. The molecule has 7 nitrogen and oxygen atoms in total. The lowest BCUT2D eigenvalue weighted by Crippen LogP contribution is -2.31. The number of ether oxygens (including phenoxy) is 2. The van der Waals surface area contributed by atoms with Crippen molar-refractivity contribution in [3.63, 3.8) is 0 Å². The van der Waals surface area contributed by atoms with Gasteiger partial charge in [-0.15, -0.1) is 0 Å². The Labute approximate surface area is 207 Å². The largest absolute Gasteiger partial charge is 0.486 e. The number of sulfone groups is 1. The first-order chi connectivity index (χ1) is 17.0. The second kappa shape index (κ2) is 8.62. The van der Waals surface area contributed by atoms with Crippen LogP contribution in [0.1, 0.15) is 11.1 Å². The maximum Gasteiger partial charge on any atom is 0.236 e. The SMILES string of the molecule is O=S(=O)(c1ccc2c(c1)OCCO2)c1nc(-c2ccccc2Cl)oc1N1CCc2ccccc2C1. The zero-order valence-electron chi connectivity index (χ0n) is 18.6. The van der Waals surface area contributed by atoms with Gasteiger partial charge >= 0.3 is 0 Å². The van der Waals surface area contributed by atoms with Gasteiger partial charge in [-0.05, 0) is 41.8 Å². The van der Waals surface area contributed by atoms with Crippen molar-refractivity contribution in [3.05, 3.63) is 82.9 Å². The molecular formula is C26H21ClN2O5S. The molecule has 0 N–H and O–H groups in total. The van der Waals surface area contributed by atoms with Gasteiger partial charge in [0.25, 0.3) is 0 Å². The Morgan fingerprint density at radius 2 is 1.63 bits per heavy atom. The molecule has 0 saturated carbocycles. The molecule has 0 aliphatic carbocycles. The summed E-state index contributed by atoms with van der Waals surface area (Å²) >= 11 is 6.39. The number of fused-ring (bicyclic) bond motifs is 2. The fraction of sp³-hybridized carbons (Fsp3) is 0.192. The fourth-order valence-electron chi connectivity index (χ4n) is 4.39. The molecule has 0 fully saturated rings. The minimum absolute atomic E-state index is 0.0550. The van der Waals surface area contributed by atoms with Crippen LogP contribution in [0, 0.1) is 0 Å². The van der Waals surface area contributed by atoms with E-state index in [9.17, 15) is 8.42 Å². The molecule has 0 spiro atoms. The van der Waals surface area contributed by atoms with Gasteiger partial charge < -0.3 is 18.8 Å². The highest BCUT2D eigenvalue weighted by Crippen LogP contribution is 2.40. The van der Waals surface area contributed by atoms with E-state index in [1.807, 2.05) is 23.1 Å². The molecule has 1 aromatic heterocycles. The van der Waals surface area contributed by atoms with Crippen molar-refractivity contribution in [2.75, 3.05) is 24.7 Å². The van der Waals surface area contributed by atoms with Gasteiger partial charge in [0.15, 0.2) is 11.5 Å². The first kappa shape index (κ1) is 22.0. The molecule has 0 unspecified atom stereocenters. The Bertz CT molecular complexity index is 1530. The molecule has 3 heterocycles. The molecule has 0 bridgehead atoms. The van der Waals surface area contributed by atoms with Crippen LogP contribution >= 0.6 is 11.6 Å². The number of hydrogen-bond acceptors (Lipinski definition) is 7. The highest BCUT2D eigenvalue weighted by atomic mass is 35.5. The Balaban J connectivity index is 1.48. The number of nitrogens with zero attached hydrogens (tertiary/aromatic N) is 2. The summed E-state index contributed by atoms with van der Waals surface area (Å²) in [5, 5.41) is 0.274. The lowest BCUT2D eigenvalue weighted by atomic mass is 10.0. The molecule has 4 aromatic rings. The Kier molecular flexibility index (Phi) is 5.42. The molecule has 0 radical (unpaired) electrons. The normalized spacial score (nSPS) is 15.1. The second-order valence-corrected chi connectivity index (χ2v) is 10.6. The van der Waals surface area contributed by atoms with E-state index in [-0.39, 0.29) is 21.7 Å². The first-order valence-corrected chi connectivity index (χ1v) is 13.1. The number of benzene rings is 3. The van der Waals surface area contributed by atoms with Crippen molar-refractivity contribution in [1.29, 1.82) is 0 Å². The average Bonchev–Trinajstić information content (AvgIpc) is 3.34. The van der Waals surface area contributed by atoms with Crippen LogP contribution in [-0.2, 0) is 22.8 Å². The fourth-order valence-corrected chi connectivity index (χ4v) is 5.95. The van der Waals surface area contributed by atoms with Gasteiger partial charge in [0.2, 0.25) is 26.6 Å². The first-order valence-electron chi connectivity index (χ1n) is 11.2. The number of halogens is 1. The van der Waals surface area contributed by atoms with Gasteiger partial charge in [0.1, 0.15) is 13.2 Å². The second-order valence-electron chi connectivity index (χ2n) is 8.36. The minimum Gasteiger partial charge on any atom is -0.486 e. The van der Waals surface area contributed by atoms with Crippen LogP contribution in [-0.4, -0.2) is 33.2 Å². The van der Waals surface area contributed by atoms with Gasteiger partial charge in [-0.1, -0.05) is 48.0 Å². The summed E-state index contributed by atoms with van der Waals surface area (Å²) in [7, 11) is -4.05. The number of oxazole rings is 1. The molecule has 6 rings (SSSR count). The molecule has 0 atom stereocenters. The van der Waals surface area contributed by atoms with Crippen LogP contribution in [0.5, 0.6) is 11.5 Å². The summed E-state index contributed by atoms with van der Waals surface area (Å²) in [5.74, 6) is 1.26. The number of rotatable bonds is 4. The predicted octanol–water partition coefficient (Wildman–Crippen LogP) is 5.16. The Hall–Kier alpha value is -3.49. The molecule has 0 saturated heterocycles. The molecule has 35 heavy (non-hydrogen) atoms. The van der Waals surface area contributed by atoms with Crippen LogP contribution in [0.3, 0.4) is 0 Å². The van der Waals surface area contributed by atoms with E-state index in [0.29, 0.717) is 48.4 Å². The molecule has 2 aliphatic heterocycles. The molecule has 2 aliphatic rings. The van der Waals surface area contributed by atoms with E-state index in [2.05, 4.69) is 11.1 Å². The van der Waals surface area contributed by atoms with Crippen molar-refractivity contribution >= 4 is 27.3 Å². The molecule has 178 valence electrons. The zero-order chi connectivity index (χ0) is 24.0. The Morgan fingerprint density at radius 1 is 0.886 bits per heavy atom. The average molecular weight is 509 g/mol. The quantitative estimate of drug-likeness (QED) is 0.376. The van der Waals surface area contributed by atoms with Crippen molar-refractivity contribution in [2.24, 2.45) is 0 Å². The maximum atomic E-state index is 13.9. The highest BCUT2D eigenvalue weighted by molar-refractivity contribution is 7.91. The smallest absolute Gasteiger partial charge is 0.236 e. The lowest BCUT2D eigenvalue weighted by molar-refractivity contribution is 0.171. The highest BCUT2D eigenvalue weighted by Gasteiger charge is 2.34. The van der Waals surface area contributed by atoms with E-state index >= 15 is 0 Å². The summed E-state index contributed by atoms with van der Waals surface area (Å²) in [6.07, 6.45) is 0.766. The molecule has 0 amide bonds. The number of hydrogen-bond donors (Lipinski definition) is 0. The van der Waals surface area contributed by atoms with Crippen molar-refractivity contribution in [3.8, 4) is 23.0 Å². The third-order valence-electron chi connectivity index (χ3n) is 6.18. The van der Waals surface area contributed by atoms with E-state index in [4.69, 9.17) is 25.5 Å². The van der Waals surface area contributed by atoms with Gasteiger partial charge in [0, 0.05) is 19.2 Å². The van der Waals surface area contributed by atoms with Crippen LogP contribution in [0.4, 0.5) is 5.88 Å². The summed E-state index contributed by atoms with van der Waals surface area (Å²) in [6.45, 7) is 1.88. The summed E-state index contributed by atoms with van der Waals surface area (Å²) < 4.78 is 45.1. The van der Waals surface area contributed by atoms with Crippen molar-refractivity contribution in [1.82, 2.24) is 4.98 Å². The van der Waals surface area contributed by atoms with E-state index in [1.54, 1.807) is 30.3 Å². The lowest BCUT2D eigenvalue weighted by Gasteiger charge is -2.28. The molecular weight excluding hydrogens is 488 g/mol. The van der Waals surface area contributed by atoms with E-state index in [1.165, 1.54) is 17.7 Å². The number of anilines is 1. The van der Waals surface area contributed by atoms with Gasteiger partial charge in [-0.25, -0.2) is 8.42 Å². The standard InChI is InChI=1S/C26H21ClN2O5S/c27-21-8-4-3-7-20(21)24-28-25(26(34-24)29-12-11-17-5-1-2-6-18(17)16-29)35(30,31)19-9-10-22-23(15-19)33-14-13-32-22/h1-10,15H,11-14,16H2. The minimum atomic E-state index is -4.05. The molecule has 9 heteroatoms. The van der Waals surface area contributed by atoms with Crippen LogP contribution in [0.2, 0.25) is 5.02 Å². The van der Waals surface area contributed by atoms with E-state index in [0.717, 1.165) is 12.0 Å². The monoisotopic (exact) mass is 508 g/mol. The van der Waals surface area contributed by atoms with Gasteiger partial charge in [-0.3, -0.25) is 0 Å². The maximum absolute atomic E-state index is 13.9. The van der Waals surface area contributed by atoms with Gasteiger partial charge in [0.05, 0.1) is 15.5 Å². The zero-order valence-corrected chi connectivity index (χ0v) is 20.2. The van der Waals surface area contributed by atoms with Crippen molar-refractivity contribution in [2.45, 2.75) is 22.9 Å². The molecule has 3 aromatic carbocycles. The Morgan fingerprint density at radius 3 is 2.46 bits per heavy atom. The van der Waals surface area contributed by atoms with Crippen LogP contribution in [0.15, 0.2) is 81.1 Å². The summed E-state index contributed by atoms with van der Waals surface area (Å²) in [6, 6.07) is 19.8. The predicted molar refractivity (Wildman–Crippen MR) is 131 cm³/mol.